The summed E-state index contributed by atoms with van der Waals surface area (Å²) >= 11 is 0. The molecule has 0 aliphatic carbocycles. The first-order chi connectivity index (χ1) is 7.69. The number of carbonyl (C=O) groups is 2. The van der Waals surface area contributed by atoms with E-state index in [1.807, 2.05) is 11.5 Å². The van der Waals surface area contributed by atoms with E-state index in [1.54, 1.807) is 12.5 Å². The zero-order chi connectivity index (χ0) is 12.0. The average Bonchev–Trinajstić information content (AvgIpc) is 2.65. The Morgan fingerprint density at radius 3 is 3.06 bits per heavy atom. The molecule has 0 saturated heterocycles. The molecule has 1 amide bonds. The molecule has 1 rings (SSSR count). The van der Waals surface area contributed by atoms with E-state index in [2.05, 4.69) is 10.3 Å². The third kappa shape index (κ3) is 3.08. The molecular formula is C10H15N3O3. The Morgan fingerprint density at radius 2 is 2.50 bits per heavy atom. The molecule has 0 aliphatic heterocycles. The number of imidazole rings is 1. The summed E-state index contributed by atoms with van der Waals surface area (Å²) in [4.78, 5) is 25.1. The van der Waals surface area contributed by atoms with Crippen LogP contribution in [0.2, 0.25) is 0 Å². The maximum Gasteiger partial charge on any atom is 0.305 e. The zero-order valence-electron chi connectivity index (χ0n) is 9.09. The van der Waals surface area contributed by atoms with Crippen LogP contribution >= 0.6 is 0 Å². The number of nitrogens with one attached hydrogen (secondary N) is 1. The molecule has 0 spiro atoms. The lowest BCUT2D eigenvalue weighted by molar-refractivity contribution is -0.137. The summed E-state index contributed by atoms with van der Waals surface area (Å²) in [6.07, 6.45) is 4.51. The standard InChI is InChI=1S/C10H15N3O3/c1-2-3-13-6-11-5-9(13)8(12-7-14)4-10(15)16/h5-8H,2-4H2,1H3,(H,12,14)(H,15,16). The SMILES string of the molecule is CCCn1cncc1C(CC(=O)O)NC=O. The van der Waals surface area contributed by atoms with Gasteiger partial charge in [-0.3, -0.25) is 9.59 Å². The van der Waals surface area contributed by atoms with Crippen molar-refractivity contribution in [2.75, 3.05) is 0 Å². The number of rotatable bonds is 7. The van der Waals surface area contributed by atoms with Crippen LogP contribution in [0.15, 0.2) is 12.5 Å². The summed E-state index contributed by atoms with van der Waals surface area (Å²) in [7, 11) is 0. The van der Waals surface area contributed by atoms with Crippen LogP contribution in [-0.2, 0) is 16.1 Å². The number of amides is 1. The van der Waals surface area contributed by atoms with Gasteiger partial charge in [-0.2, -0.15) is 0 Å². The smallest absolute Gasteiger partial charge is 0.305 e. The molecule has 1 aromatic heterocycles. The fourth-order valence-electron chi connectivity index (χ4n) is 1.55. The number of aliphatic carboxylic acids is 1. The molecule has 88 valence electrons. The van der Waals surface area contributed by atoms with Gasteiger partial charge in [-0.1, -0.05) is 6.92 Å². The Hall–Kier alpha value is -1.85. The molecule has 1 aromatic rings. The second kappa shape index (κ2) is 5.89. The van der Waals surface area contributed by atoms with Crippen molar-refractivity contribution in [2.24, 2.45) is 0 Å². The Balaban J connectivity index is 2.86. The Kier molecular flexibility index (Phi) is 4.50. The van der Waals surface area contributed by atoms with Crippen LogP contribution in [0.4, 0.5) is 0 Å². The predicted molar refractivity (Wildman–Crippen MR) is 56.7 cm³/mol. The lowest BCUT2D eigenvalue weighted by Gasteiger charge is -2.15. The van der Waals surface area contributed by atoms with Crippen LogP contribution in [0.1, 0.15) is 31.5 Å². The van der Waals surface area contributed by atoms with Crippen molar-refractivity contribution in [1.82, 2.24) is 14.9 Å². The molecule has 16 heavy (non-hydrogen) atoms. The Bertz CT molecular complexity index is 362. The average molecular weight is 225 g/mol. The van der Waals surface area contributed by atoms with Crippen molar-refractivity contribution in [3.8, 4) is 0 Å². The summed E-state index contributed by atoms with van der Waals surface area (Å²) in [6.45, 7) is 2.77. The molecule has 6 nitrogen and oxygen atoms in total. The maximum atomic E-state index is 10.7. The fraction of sp³-hybridized carbons (Fsp3) is 0.500. The van der Waals surface area contributed by atoms with Gasteiger partial charge in [0.05, 0.1) is 30.7 Å². The van der Waals surface area contributed by atoms with Gasteiger partial charge in [0, 0.05) is 6.54 Å². The second-order valence-corrected chi connectivity index (χ2v) is 3.45. The Morgan fingerprint density at radius 1 is 1.75 bits per heavy atom. The molecule has 2 N–H and O–H groups in total. The normalized spacial score (nSPS) is 12.1. The molecule has 0 saturated carbocycles. The largest absolute Gasteiger partial charge is 0.481 e. The fourth-order valence-corrected chi connectivity index (χ4v) is 1.55. The van der Waals surface area contributed by atoms with Crippen molar-refractivity contribution in [2.45, 2.75) is 32.4 Å². The molecule has 0 radical (unpaired) electrons. The van der Waals surface area contributed by atoms with Gasteiger partial charge in [0.15, 0.2) is 0 Å². The highest BCUT2D eigenvalue weighted by atomic mass is 16.4. The van der Waals surface area contributed by atoms with Crippen LogP contribution in [0, 0.1) is 0 Å². The topological polar surface area (TPSA) is 84.2 Å². The van der Waals surface area contributed by atoms with Crippen LogP contribution in [0.25, 0.3) is 0 Å². The summed E-state index contributed by atoms with van der Waals surface area (Å²) in [6, 6.07) is -0.524. The first-order valence-corrected chi connectivity index (χ1v) is 5.10. The van der Waals surface area contributed by atoms with E-state index in [9.17, 15) is 9.59 Å². The van der Waals surface area contributed by atoms with Crippen molar-refractivity contribution in [3.63, 3.8) is 0 Å². The van der Waals surface area contributed by atoms with Gasteiger partial charge in [0.1, 0.15) is 0 Å². The lowest BCUT2D eigenvalue weighted by atomic mass is 10.1. The number of carboxylic acid groups (broad SMARTS) is 1. The van der Waals surface area contributed by atoms with Gasteiger partial charge >= 0.3 is 5.97 Å². The lowest BCUT2D eigenvalue weighted by Crippen LogP contribution is -2.24. The molecular weight excluding hydrogens is 210 g/mol. The predicted octanol–water partition coefficient (Wildman–Crippen LogP) is 0.555. The third-order valence-corrected chi connectivity index (χ3v) is 2.21. The van der Waals surface area contributed by atoms with Crippen molar-refractivity contribution in [3.05, 3.63) is 18.2 Å². The molecule has 0 aliphatic rings. The van der Waals surface area contributed by atoms with E-state index in [-0.39, 0.29) is 6.42 Å². The van der Waals surface area contributed by atoms with E-state index in [4.69, 9.17) is 5.11 Å². The Labute approximate surface area is 93.3 Å². The van der Waals surface area contributed by atoms with Crippen LogP contribution in [-0.4, -0.2) is 27.0 Å². The van der Waals surface area contributed by atoms with Crippen molar-refractivity contribution < 1.29 is 14.7 Å². The highest BCUT2D eigenvalue weighted by Crippen LogP contribution is 2.16. The first-order valence-electron chi connectivity index (χ1n) is 5.10. The van der Waals surface area contributed by atoms with Crippen LogP contribution in [0.3, 0.4) is 0 Å². The monoisotopic (exact) mass is 225 g/mol. The van der Waals surface area contributed by atoms with Gasteiger partial charge in [0.2, 0.25) is 6.41 Å². The van der Waals surface area contributed by atoms with Crippen LogP contribution in [0.5, 0.6) is 0 Å². The summed E-state index contributed by atoms with van der Waals surface area (Å²) in [5.74, 6) is -0.955. The zero-order valence-corrected chi connectivity index (χ0v) is 9.09. The molecule has 0 bridgehead atoms. The van der Waals surface area contributed by atoms with Gasteiger partial charge in [-0.05, 0) is 6.42 Å². The van der Waals surface area contributed by atoms with E-state index in [0.717, 1.165) is 18.7 Å². The molecule has 1 unspecified atom stereocenters. The van der Waals surface area contributed by atoms with Crippen LogP contribution < -0.4 is 5.32 Å². The molecule has 0 aromatic carbocycles. The molecule has 1 atom stereocenters. The van der Waals surface area contributed by atoms with Crippen molar-refractivity contribution >= 4 is 12.4 Å². The van der Waals surface area contributed by atoms with E-state index < -0.39 is 12.0 Å². The minimum Gasteiger partial charge on any atom is -0.481 e. The maximum absolute atomic E-state index is 10.7. The van der Waals surface area contributed by atoms with Crippen molar-refractivity contribution in [1.29, 1.82) is 0 Å². The highest BCUT2D eigenvalue weighted by molar-refractivity contribution is 5.68. The molecule has 6 heteroatoms. The van der Waals surface area contributed by atoms with Gasteiger partial charge < -0.3 is 15.0 Å². The number of aryl methyl sites for hydroxylation is 1. The summed E-state index contributed by atoms with van der Waals surface area (Å²) in [5.41, 5.74) is 0.719. The van der Waals surface area contributed by atoms with E-state index >= 15 is 0 Å². The number of aromatic nitrogens is 2. The second-order valence-electron chi connectivity index (χ2n) is 3.45. The van der Waals surface area contributed by atoms with E-state index in [1.165, 1.54) is 0 Å². The number of carbonyl (C=O) groups excluding carboxylic acids is 1. The highest BCUT2D eigenvalue weighted by Gasteiger charge is 2.18. The number of carboxylic acids is 1. The number of hydrogen-bond acceptors (Lipinski definition) is 3. The summed E-state index contributed by atoms with van der Waals surface area (Å²) in [5, 5.41) is 11.2. The van der Waals surface area contributed by atoms with Gasteiger partial charge in [-0.15, -0.1) is 0 Å². The third-order valence-electron chi connectivity index (χ3n) is 2.21. The molecule has 1 heterocycles. The number of nitrogens with zero attached hydrogens (tertiary/aromatic N) is 2. The minimum atomic E-state index is -0.955. The van der Waals surface area contributed by atoms with Gasteiger partial charge in [0.25, 0.3) is 0 Å². The van der Waals surface area contributed by atoms with E-state index in [0.29, 0.717) is 6.41 Å². The quantitative estimate of drug-likeness (QED) is 0.664. The van der Waals surface area contributed by atoms with Gasteiger partial charge in [-0.25, -0.2) is 4.98 Å². The minimum absolute atomic E-state index is 0.145. The summed E-state index contributed by atoms with van der Waals surface area (Å²) < 4.78 is 1.85. The number of hydrogen-bond donors (Lipinski definition) is 2. The molecule has 0 fully saturated rings. The first kappa shape index (κ1) is 12.2.